The lowest BCUT2D eigenvalue weighted by atomic mass is 10.0. The van der Waals surface area contributed by atoms with E-state index in [1.54, 1.807) is 13.0 Å². The normalized spacial score (nSPS) is 19.2. The van der Waals surface area contributed by atoms with Crippen molar-refractivity contribution in [1.29, 1.82) is 0 Å². The summed E-state index contributed by atoms with van der Waals surface area (Å²) >= 11 is 0. The van der Waals surface area contributed by atoms with Gasteiger partial charge in [0.15, 0.2) is 0 Å². The maximum atomic E-state index is 12.7. The topological polar surface area (TPSA) is 50.7 Å². The number of benzene rings is 1. The van der Waals surface area contributed by atoms with Crippen LogP contribution in [-0.2, 0) is 15.7 Å². The van der Waals surface area contributed by atoms with Gasteiger partial charge in [-0.05, 0) is 37.5 Å². The fraction of sp³-hybridized carbons (Fsp3) is 0.647. The van der Waals surface area contributed by atoms with Crippen LogP contribution in [0, 0.1) is 0 Å². The van der Waals surface area contributed by atoms with Crippen molar-refractivity contribution in [3.63, 3.8) is 0 Å². The van der Waals surface area contributed by atoms with Crippen molar-refractivity contribution in [3.8, 4) is 0 Å². The summed E-state index contributed by atoms with van der Waals surface area (Å²) in [6.07, 6.45) is -3.32. The first-order valence-electron chi connectivity index (χ1n) is 8.14. The number of alkyl halides is 3. The van der Waals surface area contributed by atoms with Crippen LogP contribution < -0.4 is 5.32 Å². The Kier molecular flexibility index (Phi) is 7.03. The van der Waals surface area contributed by atoms with Crippen LogP contribution in [0.25, 0.3) is 0 Å². The molecule has 4 nitrogen and oxygen atoms in total. The van der Waals surface area contributed by atoms with Gasteiger partial charge >= 0.3 is 6.18 Å². The highest BCUT2D eigenvalue weighted by atomic mass is 19.4. The van der Waals surface area contributed by atoms with Crippen LogP contribution in [0.15, 0.2) is 24.3 Å². The molecule has 1 aliphatic heterocycles. The molecule has 1 aromatic carbocycles. The van der Waals surface area contributed by atoms with E-state index in [0.717, 1.165) is 25.0 Å². The Bertz CT molecular complexity index is 504. The van der Waals surface area contributed by atoms with Crippen LogP contribution >= 0.6 is 0 Å². The monoisotopic (exact) mass is 347 g/mol. The summed E-state index contributed by atoms with van der Waals surface area (Å²) in [5.41, 5.74) is -0.139. The van der Waals surface area contributed by atoms with E-state index < -0.39 is 17.8 Å². The molecule has 1 saturated heterocycles. The van der Waals surface area contributed by atoms with Crippen LogP contribution in [0.3, 0.4) is 0 Å². The van der Waals surface area contributed by atoms with Crippen LogP contribution in [0.1, 0.15) is 36.9 Å². The quantitative estimate of drug-likeness (QED) is 0.796. The molecule has 0 spiro atoms. The van der Waals surface area contributed by atoms with Crippen molar-refractivity contribution < 1.29 is 27.8 Å². The fourth-order valence-corrected chi connectivity index (χ4v) is 2.56. The summed E-state index contributed by atoms with van der Waals surface area (Å²) in [6, 6.07) is 4.90. The van der Waals surface area contributed by atoms with Gasteiger partial charge in [-0.1, -0.05) is 12.1 Å². The molecule has 0 radical (unpaired) electrons. The lowest BCUT2D eigenvalue weighted by Gasteiger charge is -2.24. The maximum Gasteiger partial charge on any atom is 0.416 e. The molecule has 1 heterocycles. The Labute approximate surface area is 140 Å². The van der Waals surface area contributed by atoms with Gasteiger partial charge in [0.05, 0.1) is 24.4 Å². The molecule has 0 saturated carbocycles. The average molecular weight is 347 g/mol. The largest absolute Gasteiger partial charge is 0.416 e. The Morgan fingerprint density at radius 1 is 1.33 bits per heavy atom. The molecule has 7 heteroatoms. The third-order valence-corrected chi connectivity index (χ3v) is 4.07. The molecule has 0 bridgehead atoms. The Hall–Kier alpha value is -1.15. The number of nitrogens with one attached hydrogen (secondary N) is 1. The van der Waals surface area contributed by atoms with E-state index in [4.69, 9.17) is 9.47 Å². The highest BCUT2D eigenvalue weighted by molar-refractivity contribution is 5.27. The van der Waals surface area contributed by atoms with Crippen molar-refractivity contribution >= 4 is 0 Å². The predicted octanol–water partition coefficient (Wildman–Crippen LogP) is 2.91. The van der Waals surface area contributed by atoms with Gasteiger partial charge in [-0.25, -0.2) is 0 Å². The molecule has 24 heavy (non-hydrogen) atoms. The number of ether oxygens (including phenoxy) is 2. The minimum atomic E-state index is -4.35. The standard InChI is InChI=1S/C17H24F3NO3/c1-12(13-3-2-4-14(9-13)17(18,19)20)21-10-15(22)11-24-16-5-7-23-8-6-16/h2-4,9,12,15-16,21-22H,5-8,10-11H2,1H3. The Balaban J connectivity index is 1.76. The summed E-state index contributed by atoms with van der Waals surface area (Å²) in [6.45, 7) is 3.56. The zero-order valence-electron chi connectivity index (χ0n) is 13.7. The lowest BCUT2D eigenvalue weighted by molar-refractivity contribution is -0.137. The van der Waals surface area contributed by atoms with Gasteiger partial charge in [0.25, 0.3) is 0 Å². The van der Waals surface area contributed by atoms with Crippen LogP contribution in [0.4, 0.5) is 13.2 Å². The second kappa shape index (κ2) is 8.80. The number of aliphatic hydroxyl groups is 1. The van der Waals surface area contributed by atoms with E-state index in [1.807, 2.05) is 0 Å². The van der Waals surface area contributed by atoms with Crippen molar-refractivity contribution in [2.24, 2.45) is 0 Å². The molecule has 2 rings (SSSR count). The second-order valence-electron chi connectivity index (χ2n) is 6.05. The van der Waals surface area contributed by atoms with Crippen molar-refractivity contribution in [2.45, 2.75) is 44.2 Å². The van der Waals surface area contributed by atoms with Gasteiger partial charge in [0.2, 0.25) is 0 Å². The van der Waals surface area contributed by atoms with E-state index in [1.165, 1.54) is 6.07 Å². The fourth-order valence-electron chi connectivity index (χ4n) is 2.56. The number of hydrogen-bond donors (Lipinski definition) is 2. The summed E-state index contributed by atoms with van der Waals surface area (Å²) in [7, 11) is 0. The van der Waals surface area contributed by atoms with E-state index in [-0.39, 0.29) is 25.3 Å². The third-order valence-electron chi connectivity index (χ3n) is 4.07. The van der Waals surface area contributed by atoms with Crippen LogP contribution in [0.2, 0.25) is 0 Å². The van der Waals surface area contributed by atoms with Gasteiger partial charge in [0.1, 0.15) is 0 Å². The lowest BCUT2D eigenvalue weighted by Crippen LogP contribution is -2.34. The summed E-state index contributed by atoms with van der Waals surface area (Å²) in [4.78, 5) is 0. The van der Waals surface area contributed by atoms with E-state index in [2.05, 4.69) is 5.32 Å². The number of hydrogen-bond acceptors (Lipinski definition) is 4. The SMILES string of the molecule is CC(NCC(O)COC1CCOCC1)c1cccc(C(F)(F)F)c1. The molecule has 2 atom stereocenters. The molecule has 2 N–H and O–H groups in total. The number of rotatable bonds is 7. The minimum absolute atomic E-state index is 0.106. The molecule has 0 aliphatic carbocycles. The Morgan fingerprint density at radius 3 is 2.71 bits per heavy atom. The smallest absolute Gasteiger partial charge is 0.389 e. The van der Waals surface area contributed by atoms with E-state index >= 15 is 0 Å². The summed E-state index contributed by atoms with van der Waals surface area (Å²) in [5.74, 6) is 0. The van der Waals surface area contributed by atoms with Gasteiger partial charge in [-0.2, -0.15) is 13.2 Å². The van der Waals surface area contributed by atoms with E-state index in [9.17, 15) is 18.3 Å². The van der Waals surface area contributed by atoms with Crippen molar-refractivity contribution in [1.82, 2.24) is 5.32 Å². The molecule has 1 aromatic rings. The molecular weight excluding hydrogens is 323 g/mol. The van der Waals surface area contributed by atoms with Gasteiger partial charge in [0, 0.05) is 25.8 Å². The van der Waals surface area contributed by atoms with Gasteiger partial charge in [-0.3, -0.25) is 0 Å². The molecule has 1 aliphatic rings. The summed E-state index contributed by atoms with van der Waals surface area (Å²) in [5, 5.41) is 13.0. The first-order chi connectivity index (χ1) is 11.4. The second-order valence-corrected chi connectivity index (χ2v) is 6.05. The minimum Gasteiger partial charge on any atom is -0.389 e. The van der Waals surface area contributed by atoms with Crippen LogP contribution in [-0.4, -0.2) is 43.7 Å². The van der Waals surface area contributed by atoms with Gasteiger partial charge in [-0.15, -0.1) is 0 Å². The molecule has 2 unspecified atom stereocenters. The Morgan fingerprint density at radius 2 is 2.04 bits per heavy atom. The first kappa shape index (κ1) is 19.2. The highest BCUT2D eigenvalue weighted by Gasteiger charge is 2.30. The highest BCUT2D eigenvalue weighted by Crippen LogP contribution is 2.30. The van der Waals surface area contributed by atoms with Crippen LogP contribution in [0.5, 0.6) is 0 Å². The zero-order valence-corrected chi connectivity index (χ0v) is 13.7. The molecule has 1 fully saturated rings. The molecular formula is C17H24F3NO3. The first-order valence-corrected chi connectivity index (χ1v) is 8.14. The maximum absolute atomic E-state index is 12.7. The van der Waals surface area contributed by atoms with Gasteiger partial charge < -0.3 is 19.9 Å². The molecule has 0 aromatic heterocycles. The molecule has 0 amide bonds. The van der Waals surface area contributed by atoms with Crippen molar-refractivity contribution in [3.05, 3.63) is 35.4 Å². The predicted molar refractivity (Wildman–Crippen MR) is 83.7 cm³/mol. The van der Waals surface area contributed by atoms with E-state index in [0.29, 0.717) is 18.8 Å². The van der Waals surface area contributed by atoms with Crippen molar-refractivity contribution in [2.75, 3.05) is 26.4 Å². The molecule has 136 valence electrons. The third kappa shape index (κ3) is 6.05. The number of aliphatic hydroxyl groups excluding tert-OH is 1. The summed E-state index contributed by atoms with van der Waals surface area (Å²) < 4.78 is 49.1. The number of halogens is 3. The average Bonchev–Trinajstić information content (AvgIpc) is 2.58. The zero-order chi connectivity index (χ0) is 17.6.